The highest BCUT2D eigenvalue weighted by Gasteiger charge is 2.23. The van der Waals surface area contributed by atoms with E-state index in [4.69, 9.17) is 10.00 Å². The number of hydrogen-bond donors (Lipinski definition) is 2. The molecule has 1 atom stereocenters. The molecule has 2 amide bonds. The molecule has 0 spiro atoms. The lowest BCUT2D eigenvalue weighted by molar-refractivity contribution is -0.128. The Balaban J connectivity index is 1.64. The van der Waals surface area contributed by atoms with Crippen LogP contribution in [0.2, 0.25) is 0 Å². The lowest BCUT2D eigenvalue weighted by Gasteiger charge is -2.20. The number of sulfonamides is 1. The number of carbonyl (C=O) groups excluding carboxylic acids is 2. The molecule has 2 N–H and O–H groups in total. The zero-order valence-corrected chi connectivity index (χ0v) is 20.2. The van der Waals surface area contributed by atoms with Crippen molar-refractivity contribution >= 4 is 27.5 Å². The Hall–Kier alpha value is -4.36. The largest absolute Gasteiger partial charge is 0.481 e. The standard InChI is InChI=1S/C25H24N4O5S/c1-17-7-11-21(12-8-17)29(3)35(32,33)23-6-4-5-20(15-23)25(31)28-27-24(30)18(2)34-22-13-9-19(16-26)10-14-22/h4-15,18H,1-3H3,(H,27,30)(H,28,31)/t18-/m0/s1. The van der Waals surface area contributed by atoms with Crippen LogP contribution in [0, 0.1) is 18.3 Å². The number of amides is 2. The predicted octanol–water partition coefficient (Wildman–Crippen LogP) is 2.92. The molecule has 0 aliphatic heterocycles. The quantitative estimate of drug-likeness (QED) is 0.488. The van der Waals surface area contributed by atoms with Gasteiger partial charge in [0, 0.05) is 12.6 Å². The molecule has 0 saturated heterocycles. The molecule has 0 saturated carbocycles. The zero-order chi connectivity index (χ0) is 25.6. The van der Waals surface area contributed by atoms with Gasteiger partial charge in [-0.25, -0.2) is 8.42 Å². The highest BCUT2D eigenvalue weighted by Crippen LogP contribution is 2.23. The molecule has 0 bridgehead atoms. The molecule has 0 unspecified atom stereocenters. The molecule has 3 aromatic carbocycles. The number of nitrogens with one attached hydrogen (secondary N) is 2. The Bertz CT molecular complexity index is 1360. The van der Waals surface area contributed by atoms with Crippen molar-refractivity contribution in [2.45, 2.75) is 24.8 Å². The summed E-state index contributed by atoms with van der Waals surface area (Å²) in [6.07, 6.45) is -0.946. The molecule has 0 aromatic heterocycles. The van der Waals surface area contributed by atoms with Gasteiger partial charge < -0.3 is 4.74 Å². The second-order valence-electron chi connectivity index (χ2n) is 7.68. The molecule has 0 radical (unpaired) electrons. The molecule has 0 fully saturated rings. The van der Waals surface area contributed by atoms with E-state index in [0.29, 0.717) is 17.0 Å². The van der Waals surface area contributed by atoms with Crippen LogP contribution in [0.4, 0.5) is 5.69 Å². The van der Waals surface area contributed by atoms with Crippen LogP contribution in [0.25, 0.3) is 0 Å². The van der Waals surface area contributed by atoms with E-state index in [1.165, 1.54) is 38.2 Å². The van der Waals surface area contributed by atoms with Crippen molar-refractivity contribution in [1.29, 1.82) is 5.26 Å². The van der Waals surface area contributed by atoms with Crippen LogP contribution in [0.1, 0.15) is 28.4 Å². The maximum absolute atomic E-state index is 13.1. The van der Waals surface area contributed by atoms with Crippen LogP contribution in [-0.4, -0.2) is 33.4 Å². The summed E-state index contributed by atoms with van der Waals surface area (Å²) in [6.45, 7) is 3.40. The molecule has 0 heterocycles. The summed E-state index contributed by atoms with van der Waals surface area (Å²) in [5.74, 6) is -0.932. The highest BCUT2D eigenvalue weighted by molar-refractivity contribution is 7.92. The third-order valence-corrected chi connectivity index (χ3v) is 6.90. The molecule has 0 aliphatic rings. The van der Waals surface area contributed by atoms with Gasteiger partial charge in [0.25, 0.3) is 21.8 Å². The highest BCUT2D eigenvalue weighted by atomic mass is 32.2. The summed E-state index contributed by atoms with van der Waals surface area (Å²) < 4.78 is 32.7. The number of aryl methyl sites for hydroxylation is 1. The van der Waals surface area contributed by atoms with Gasteiger partial charge in [-0.3, -0.25) is 24.7 Å². The van der Waals surface area contributed by atoms with Crippen molar-refractivity contribution in [1.82, 2.24) is 10.9 Å². The number of benzene rings is 3. The number of rotatable bonds is 7. The lowest BCUT2D eigenvalue weighted by Crippen LogP contribution is -2.47. The van der Waals surface area contributed by atoms with Gasteiger partial charge in [-0.05, 0) is 68.4 Å². The Labute approximate surface area is 204 Å². The minimum absolute atomic E-state index is 0.0457. The first-order valence-electron chi connectivity index (χ1n) is 10.5. The van der Waals surface area contributed by atoms with Gasteiger partial charge in [0.1, 0.15) is 5.75 Å². The molecule has 3 aromatic rings. The average Bonchev–Trinajstić information content (AvgIpc) is 2.87. The van der Waals surface area contributed by atoms with Crippen molar-refractivity contribution in [2.75, 3.05) is 11.4 Å². The maximum Gasteiger partial charge on any atom is 0.279 e. The fourth-order valence-corrected chi connectivity index (χ4v) is 4.25. The van der Waals surface area contributed by atoms with E-state index in [2.05, 4.69) is 10.9 Å². The van der Waals surface area contributed by atoms with Crippen molar-refractivity contribution in [3.63, 3.8) is 0 Å². The van der Waals surface area contributed by atoms with Crippen LogP contribution in [0.5, 0.6) is 5.75 Å². The van der Waals surface area contributed by atoms with E-state index in [1.54, 1.807) is 48.5 Å². The predicted molar refractivity (Wildman–Crippen MR) is 130 cm³/mol. The number of ether oxygens (including phenoxy) is 1. The van der Waals surface area contributed by atoms with Crippen LogP contribution in [0.15, 0.2) is 77.7 Å². The molecule has 0 aliphatic carbocycles. The normalized spacial score (nSPS) is 11.6. The van der Waals surface area contributed by atoms with E-state index in [0.717, 1.165) is 9.87 Å². The second kappa shape index (κ2) is 10.7. The zero-order valence-electron chi connectivity index (χ0n) is 19.3. The summed E-state index contributed by atoms with van der Waals surface area (Å²) in [4.78, 5) is 24.8. The van der Waals surface area contributed by atoms with Gasteiger partial charge in [0.15, 0.2) is 6.10 Å². The Morgan fingerprint density at radius 2 is 1.66 bits per heavy atom. The first-order chi connectivity index (χ1) is 16.6. The molecule has 9 nitrogen and oxygen atoms in total. The molecular weight excluding hydrogens is 468 g/mol. The Morgan fingerprint density at radius 1 is 1.00 bits per heavy atom. The summed E-state index contributed by atoms with van der Waals surface area (Å²) >= 11 is 0. The van der Waals surface area contributed by atoms with Crippen molar-refractivity contribution < 1.29 is 22.7 Å². The van der Waals surface area contributed by atoms with Gasteiger partial charge >= 0.3 is 0 Å². The minimum Gasteiger partial charge on any atom is -0.481 e. The second-order valence-corrected chi connectivity index (χ2v) is 9.64. The van der Waals surface area contributed by atoms with E-state index >= 15 is 0 Å². The first kappa shape index (κ1) is 25.3. The number of anilines is 1. The van der Waals surface area contributed by atoms with Crippen molar-refractivity contribution in [2.24, 2.45) is 0 Å². The summed E-state index contributed by atoms with van der Waals surface area (Å²) in [6, 6.07) is 20.7. The maximum atomic E-state index is 13.1. The van der Waals surface area contributed by atoms with Crippen molar-refractivity contribution in [3.8, 4) is 11.8 Å². The molecule has 35 heavy (non-hydrogen) atoms. The van der Waals surface area contributed by atoms with Crippen LogP contribution in [0.3, 0.4) is 0 Å². The average molecular weight is 493 g/mol. The molecular formula is C25H24N4O5S. The van der Waals surface area contributed by atoms with E-state index in [1.807, 2.05) is 13.0 Å². The summed E-state index contributed by atoms with van der Waals surface area (Å²) in [7, 11) is -2.49. The molecule has 180 valence electrons. The van der Waals surface area contributed by atoms with Gasteiger partial charge in [0.2, 0.25) is 0 Å². The molecule has 3 rings (SSSR count). The van der Waals surface area contributed by atoms with Crippen LogP contribution < -0.4 is 19.9 Å². The van der Waals surface area contributed by atoms with Crippen LogP contribution in [-0.2, 0) is 14.8 Å². The fraction of sp³-hybridized carbons (Fsp3) is 0.160. The van der Waals surface area contributed by atoms with Gasteiger partial charge in [-0.2, -0.15) is 5.26 Å². The first-order valence-corrected chi connectivity index (χ1v) is 12.0. The number of nitrogens with zero attached hydrogens (tertiary/aromatic N) is 2. The van der Waals surface area contributed by atoms with Gasteiger partial charge in [-0.1, -0.05) is 23.8 Å². The van der Waals surface area contributed by atoms with Crippen LogP contribution >= 0.6 is 0 Å². The smallest absolute Gasteiger partial charge is 0.279 e. The van der Waals surface area contributed by atoms with Crippen molar-refractivity contribution in [3.05, 3.63) is 89.5 Å². The molecule has 10 heteroatoms. The topological polar surface area (TPSA) is 129 Å². The third-order valence-electron chi connectivity index (χ3n) is 5.12. The van der Waals surface area contributed by atoms with E-state index in [9.17, 15) is 18.0 Å². The minimum atomic E-state index is -3.92. The number of nitriles is 1. The Morgan fingerprint density at radius 3 is 2.29 bits per heavy atom. The fourth-order valence-electron chi connectivity index (χ4n) is 3.01. The van der Waals surface area contributed by atoms with E-state index < -0.39 is 27.9 Å². The monoisotopic (exact) mass is 492 g/mol. The Kier molecular flexibility index (Phi) is 7.73. The summed E-state index contributed by atoms with van der Waals surface area (Å²) in [5, 5.41) is 8.83. The third kappa shape index (κ3) is 6.16. The van der Waals surface area contributed by atoms with Gasteiger partial charge in [0.05, 0.1) is 22.2 Å². The number of hydrogen-bond acceptors (Lipinski definition) is 6. The number of carbonyl (C=O) groups is 2. The summed E-state index contributed by atoms with van der Waals surface area (Å²) in [5.41, 5.74) is 6.50. The van der Waals surface area contributed by atoms with E-state index in [-0.39, 0.29) is 10.5 Å². The van der Waals surface area contributed by atoms with Gasteiger partial charge in [-0.15, -0.1) is 0 Å². The lowest BCUT2D eigenvalue weighted by atomic mass is 10.2. The number of hydrazine groups is 1. The SMILES string of the molecule is Cc1ccc(N(C)S(=O)(=O)c2cccc(C(=O)NNC(=O)[C@H](C)Oc3ccc(C#N)cc3)c2)cc1.